The number of anilines is 1. The Morgan fingerprint density at radius 3 is 2.40 bits per heavy atom. The molecule has 0 unspecified atom stereocenters. The minimum Gasteiger partial charge on any atom is -0.497 e. The first kappa shape index (κ1) is 27.0. The van der Waals surface area contributed by atoms with E-state index in [9.17, 15) is 9.59 Å². The number of ether oxygens (including phenoxy) is 3. The number of fused-ring (bicyclic) bond motifs is 1. The Morgan fingerprint density at radius 2 is 1.70 bits per heavy atom. The number of nitrogens with one attached hydrogen (secondary N) is 1. The van der Waals surface area contributed by atoms with Crippen molar-refractivity contribution in [3.05, 3.63) is 114 Å². The Hall–Kier alpha value is -4.63. The van der Waals surface area contributed by atoms with Crippen LogP contribution in [0.3, 0.4) is 0 Å². The van der Waals surface area contributed by atoms with E-state index >= 15 is 0 Å². The highest BCUT2D eigenvalue weighted by Gasteiger charge is 2.34. The number of allylic oxidation sites excluding steroid dienone is 1. The fourth-order valence-corrected chi connectivity index (χ4v) is 5.79. The van der Waals surface area contributed by atoms with Crippen molar-refractivity contribution in [3.63, 3.8) is 0 Å². The SMILES string of the molecule is COc1ccc([C@@H]2C(C(=O)Nc3ccccc3)=C(C)N=c3s/c(=C\c4ccc(C)c(OC)c4)c(=O)n32)c(OC)c1. The molecule has 1 N–H and O–H groups in total. The Balaban J connectivity index is 1.71. The number of aromatic nitrogens is 1. The Labute approximate surface area is 235 Å². The molecule has 0 spiro atoms. The van der Waals surface area contributed by atoms with Gasteiger partial charge < -0.3 is 19.5 Å². The second-order valence-corrected chi connectivity index (χ2v) is 10.2. The summed E-state index contributed by atoms with van der Waals surface area (Å²) in [6, 6.07) is 19.5. The van der Waals surface area contributed by atoms with E-state index in [1.54, 1.807) is 45.0 Å². The highest BCUT2D eigenvalue weighted by atomic mass is 32.1. The van der Waals surface area contributed by atoms with Gasteiger partial charge in [-0.05, 0) is 61.4 Å². The molecular weight excluding hydrogens is 526 g/mol. The van der Waals surface area contributed by atoms with Gasteiger partial charge in [0.1, 0.15) is 23.3 Å². The van der Waals surface area contributed by atoms with Gasteiger partial charge in [0.2, 0.25) is 0 Å². The highest BCUT2D eigenvalue weighted by Crippen LogP contribution is 2.37. The Kier molecular flexibility index (Phi) is 7.57. The van der Waals surface area contributed by atoms with Gasteiger partial charge in [-0.15, -0.1) is 0 Å². The molecule has 4 aromatic rings. The molecule has 8 nitrogen and oxygen atoms in total. The molecule has 5 rings (SSSR count). The first-order valence-corrected chi connectivity index (χ1v) is 13.4. The lowest BCUT2D eigenvalue weighted by molar-refractivity contribution is -0.113. The maximum Gasteiger partial charge on any atom is 0.271 e. The number of carbonyl (C=O) groups excluding carboxylic acids is 1. The number of rotatable bonds is 7. The second kappa shape index (κ2) is 11.2. The number of amides is 1. The predicted molar refractivity (Wildman–Crippen MR) is 156 cm³/mol. The van der Waals surface area contributed by atoms with Crippen LogP contribution >= 0.6 is 11.3 Å². The summed E-state index contributed by atoms with van der Waals surface area (Å²) in [5.41, 5.74) is 3.70. The minimum atomic E-state index is -0.782. The fourth-order valence-electron chi connectivity index (χ4n) is 4.75. The lowest BCUT2D eigenvalue weighted by Crippen LogP contribution is -2.40. The number of nitrogens with zero attached hydrogens (tertiary/aromatic N) is 2. The average molecular weight is 556 g/mol. The van der Waals surface area contributed by atoms with E-state index in [1.807, 2.05) is 67.6 Å². The van der Waals surface area contributed by atoms with Crippen LogP contribution in [-0.4, -0.2) is 31.8 Å². The maximum atomic E-state index is 14.0. The lowest BCUT2D eigenvalue weighted by Gasteiger charge is -2.26. The number of hydrogen-bond donors (Lipinski definition) is 1. The molecule has 0 bridgehead atoms. The van der Waals surface area contributed by atoms with E-state index in [-0.39, 0.29) is 11.5 Å². The minimum absolute atomic E-state index is 0.260. The molecule has 40 heavy (non-hydrogen) atoms. The van der Waals surface area contributed by atoms with Crippen molar-refractivity contribution in [2.24, 2.45) is 4.99 Å². The van der Waals surface area contributed by atoms with E-state index in [0.717, 1.165) is 16.9 Å². The van der Waals surface area contributed by atoms with Crippen molar-refractivity contribution in [2.75, 3.05) is 26.6 Å². The molecule has 1 atom stereocenters. The lowest BCUT2D eigenvalue weighted by atomic mass is 9.94. The molecule has 0 saturated carbocycles. The van der Waals surface area contributed by atoms with Crippen LogP contribution in [0.25, 0.3) is 6.08 Å². The number of hydrogen-bond acceptors (Lipinski definition) is 7. The van der Waals surface area contributed by atoms with Gasteiger partial charge in [0, 0.05) is 17.3 Å². The van der Waals surface area contributed by atoms with Gasteiger partial charge in [-0.25, -0.2) is 4.99 Å². The molecule has 0 fully saturated rings. The number of carbonyl (C=O) groups is 1. The molecule has 1 aliphatic rings. The second-order valence-electron chi connectivity index (χ2n) is 9.24. The van der Waals surface area contributed by atoms with Crippen molar-refractivity contribution in [1.29, 1.82) is 0 Å². The van der Waals surface area contributed by atoms with E-state index in [2.05, 4.69) is 5.32 Å². The van der Waals surface area contributed by atoms with E-state index in [1.165, 1.54) is 11.3 Å². The predicted octanol–water partition coefficient (Wildman–Crippen LogP) is 4.21. The molecule has 9 heteroatoms. The number of aryl methyl sites for hydroxylation is 1. The average Bonchev–Trinajstić information content (AvgIpc) is 3.27. The summed E-state index contributed by atoms with van der Waals surface area (Å²) >= 11 is 1.27. The van der Waals surface area contributed by atoms with Crippen LogP contribution in [0.5, 0.6) is 17.2 Å². The summed E-state index contributed by atoms with van der Waals surface area (Å²) in [5.74, 6) is 1.46. The zero-order valence-corrected chi connectivity index (χ0v) is 23.7. The third-order valence-electron chi connectivity index (χ3n) is 6.76. The quantitative estimate of drug-likeness (QED) is 0.369. The third-order valence-corrected chi connectivity index (χ3v) is 7.75. The normalized spacial score (nSPS) is 14.8. The molecule has 1 amide bonds. The van der Waals surface area contributed by atoms with Crippen molar-refractivity contribution in [1.82, 2.24) is 4.57 Å². The Bertz CT molecular complexity index is 1800. The van der Waals surface area contributed by atoms with Crippen molar-refractivity contribution in [3.8, 4) is 17.2 Å². The summed E-state index contributed by atoms with van der Waals surface area (Å²) in [6.07, 6.45) is 1.82. The zero-order valence-electron chi connectivity index (χ0n) is 22.8. The molecule has 1 aromatic heterocycles. The molecule has 3 aromatic carbocycles. The van der Waals surface area contributed by atoms with Gasteiger partial charge in [-0.3, -0.25) is 14.2 Å². The highest BCUT2D eigenvalue weighted by molar-refractivity contribution is 7.07. The van der Waals surface area contributed by atoms with Gasteiger partial charge in [0.15, 0.2) is 4.80 Å². The van der Waals surface area contributed by atoms with Crippen molar-refractivity contribution in [2.45, 2.75) is 19.9 Å². The van der Waals surface area contributed by atoms with Gasteiger partial charge in [-0.1, -0.05) is 41.7 Å². The van der Waals surface area contributed by atoms with Crippen LogP contribution in [0.1, 0.15) is 29.7 Å². The number of benzene rings is 3. The number of para-hydroxylation sites is 1. The van der Waals surface area contributed by atoms with Crippen LogP contribution in [0.2, 0.25) is 0 Å². The third kappa shape index (κ3) is 5.03. The van der Waals surface area contributed by atoms with Crippen LogP contribution in [-0.2, 0) is 4.79 Å². The topological polar surface area (TPSA) is 91.2 Å². The Morgan fingerprint density at radius 1 is 0.950 bits per heavy atom. The largest absolute Gasteiger partial charge is 0.497 e. The molecular formula is C31H29N3O5S. The maximum absolute atomic E-state index is 14.0. The van der Waals surface area contributed by atoms with E-state index in [0.29, 0.717) is 43.4 Å². The van der Waals surface area contributed by atoms with Crippen LogP contribution < -0.4 is 34.4 Å². The van der Waals surface area contributed by atoms with Crippen LogP contribution in [0, 0.1) is 6.92 Å². The standard InChI is InChI=1S/C31H29N3O5S/c1-18-11-12-20(15-24(18)38-4)16-26-30(36)34-28(23-14-13-22(37-3)17-25(23)39-5)27(19(2)32-31(34)40-26)29(35)33-21-9-7-6-8-10-21/h6-17,28H,1-5H3,(H,33,35)/b26-16-/t28-/m1/s1. The van der Waals surface area contributed by atoms with Gasteiger partial charge in [-0.2, -0.15) is 0 Å². The number of methoxy groups -OCH3 is 3. The first-order chi connectivity index (χ1) is 19.3. The van der Waals surface area contributed by atoms with Crippen molar-refractivity contribution >= 4 is 29.0 Å². The first-order valence-electron chi connectivity index (χ1n) is 12.6. The van der Waals surface area contributed by atoms with Crippen LogP contribution in [0.15, 0.2) is 87.8 Å². The van der Waals surface area contributed by atoms with Crippen molar-refractivity contribution < 1.29 is 19.0 Å². The van der Waals surface area contributed by atoms with Gasteiger partial charge >= 0.3 is 0 Å². The summed E-state index contributed by atoms with van der Waals surface area (Å²) < 4.78 is 18.6. The molecule has 204 valence electrons. The monoisotopic (exact) mass is 555 g/mol. The summed E-state index contributed by atoms with van der Waals surface area (Å²) in [6.45, 7) is 3.74. The molecule has 1 aliphatic heterocycles. The summed E-state index contributed by atoms with van der Waals surface area (Å²) in [5, 5.41) is 2.96. The zero-order chi connectivity index (χ0) is 28.4. The smallest absolute Gasteiger partial charge is 0.271 e. The van der Waals surface area contributed by atoms with E-state index < -0.39 is 6.04 Å². The number of thiazole rings is 1. The van der Waals surface area contributed by atoms with Gasteiger partial charge in [0.05, 0.1) is 37.1 Å². The summed E-state index contributed by atoms with van der Waals surface area (Å²) in [4.78, 5) is 33.0. The fraction of sp³-hybridized carbons (Fsp3) is 0.194. The molecule has 0 aliphatic carbocycles. The molecule has 0 radical (unpaired) electrons. The van der Waals surface area contributed by atoms with Gasteiger partial charge in [0.25, 0.3) is 11.5 Å². The summed E-state index contributed by atoms with van der Waals surface area (Å²) in [7, 11) is 4.74. The molecule has 2 heterocycles. The van der Waals surface area contributed by atoms with E-state index in [4.69, 9.17) is 19.2 Å². The van der Waals surface area contributed by atoms with Crippen LogP contribution in [0.4, 0.5) is 5.69 Å². The molecule has 0 saturated heterocycles.